The molecule has 1 aliphatic carbocycles. The van der Waals surface area contributed by atoms with E-state index in [-0.39, 0.29) is 0 Å². The average molecular weight is 285 g/mol. The molecule has 3 heteroatoms. The van der Waals surface area contributed by atoms with E-state index in [0.29, 0.717) is 16.2 Å². The Morgan fingerprint density at radius 1 is 1.21 bits per heavy atom. The van der Waals surface area contributed by atoms with Crippen LogP contribution in [0, 0.1) is 5.41 Å². The van der Waals surface area contributed by atoms with Crippen LogP contribution >= 0.6 is 11.8 Å². The van der Waals surface area contributed by atoms with Crippen LogP contribution in [0.15, 0.2) is 0 Å². The van der Waals surface area contributed by atoms with Crippen molar-refractivity contribution in [3.05, 3.63) is 0 Å². The first-order valence-electron chi connectivity index (χ1n) is 7.96. The quantitative estimate of drug-likeness (QED) is 0.855. The number of nitrogens with zero attached hydrogens (tertiary/aromatic N) is 1. The summed E-state index contributed by atoms with van der Waals surface area (Å²) in [7, 11) is 0. The number of rotatable bonds is 3. The summed E-state index contributed by atoms with van der Waals surface area (Å²) in [5.74, 6) is 0. The molecule has 2 aliphatic rings. The van der Waals surface area contributed by atoms with Gasteiger partial charge in [-0.15, -0.1) is 0 Å². The maximum Gasteiger partial charge on any atom is 0.0284 e. The molecule has 0 aromatic rings. The Kier molecular flexibility index (Phi) is 5.24. The van der Waals surface area contributed by atoms with Gasteiger partial charge in [-0.3, -0.25) is 4.90 Å². The third-order valence-corrected chi connectivity index (χ3v) is 6.42. The highest BCUT2D eigenvalue weighted by Gasteiger charge is 2.36. The molecule has 0 aromatic heterocycles. The molecule has 19 heavy (non-hydrogen) atoms. The van der Waals surface area contributed by atoms with Crippen LogP contribution in [-0.2, 0) is 0 Å². The molecular weight excluding hydrogens is 252 g/mol. The largest absolute Gasteiger partial charge is 0.311 e. The van der Waals surface area contributed by atoms with E-state index in [0.717, 1.165) is 6.54 Å². The van der Waals surface area contributed by atoms with Gasteiger partial charge in [0.05, 0.1) is 0 Å². The fourth-order valence-electron chi connectivity index (χ4n) is 3.57. The second-order valence-corrected chi connectivity index (χ2v) is 8.83. The van der Waals surface area contributed by atoms with Gasteiger partial charge in [-0.1, -0.05) is 40.0 Å². The Labute approximate surface area is 124 Å². The minimum atomic E-state index is 0.373. The van der Waals surface area contributed by atoms with Gasteiger partial charge in [-0.25, -0.2) is 0 Å². The summed E-state index contributed by atoms with van der Waals surface area (Å²) in [5, 5.41) is 3.71. The summed E-state index contributed by atoms with van der Waals surface area (Å²) in [6.45, 7) is 12.0. The van der Waals surface area contributed by atoms with Gasteiger partial charge in [-0.2, -0.15) is 11.8 Å². The van der Waals surface area contributed by atoms with Crippen LogP contribution in [-0.4, -0.2) is 48.1 Å². The zero-order valence-corrected chi connectivity index (χ0v) is 14.1. The normalized spacial score (nSPS) is 29.4. The van der Waals surface area contributed by atoms with E-state index < -0.39 is 0 Å². The summed E-state index contributed by atoms with van der Waals surface area (Å²) in [6.07, 6.45) is 9.52. The van der Waals surface area contributed by atoms with E-state index in [1.165, 1.54) is 51.7 Å². The van der Waals surface area contributed by atoms with Gasteiger partial charge in [-0.05, 0) is 24.5 Å². The molecule has 2 fully saturated rings. The van der Waals surface area contributed by atoms with Crippen molar-refractivity contribution >= 4 is 11.8 Å². The third kappa shape index (κ3) is 4.12. The number of hydrogen-bond donors (Lipinski definition) is 1. The topological polar surface area (TPSA) is 15.3 Å². The molecule has 0 bridgehead atoms. The van der Waals surface area contributed by atoms with E-state index in [1.807, 2.05) is 0 Å². The smallest absolute Gasteiger partial charge is 0.0284 e. The Morgan fingerprint density at radius 3 is 2.47 bits per heavy atom. The van der Waals surface area contributed by atoms with Crippen LogP contribution in [0.4, 0.5) is 0 Å². The Bertz CT molecular complexity index is 279. The first-order chi connectivity index (χ1) is 8.95. The lowest BCUT2D eigenvalue weighted by Crippen LogP contribution is -2.58. The molecule has 2 rings (SSSR count). The molecule has 1 saturated carbocycles. The number of hydrogen-bond acceptors (Lipinski definition) is 3. The van der Waals surface area contributed by atoms with E-state index in [9.17, 15) is 0 Å². The van der Waals surface area contributed by atoms with Gasteiger partial charge in [0.15, 0.2) is 0 Å². The Hall–Kier alpha value is 0.270. The van der Waals surface area contributed by atoms with Crippen LogP contribution in [0.1, 0.15) is 52.9 Å². The molecular formula is C16H32N2S. The van der Waals surface area contributed by atoms with Gasteiger partial charge in [0, 0.05) is 37.0 Å². The standard InChI is InChI=1S/C16H32N2S/c1-15(2,3)14-12-18(11-10-17-14)13-16(19-4)8-6-5-7-9-16/h14,17H,5-13H2,1-4H3. The van der Waals surface area contributed by atoms with Crippen LogP contribution in [0.3, 0.4) is 0 Å². The molecule has 1 saturated heterocycles. The third-order valence-electron chi connectivity index (χ3n) is 5.01. The zero-order chi connectivity index (χ0) is 13.9. The van der Waals surface area contributed by atoms with E-state index >= 15 is 0 Å². The average Bonchev–Trinajstić information content (AvgIpc) is 2.39. The van der Waals surface area contributed by atoms with Gasteiger partial charge < -0.3 is 5.32 Å². The van der Waals surface area contributed by atoms with Crippen LogP contribution < -0.4 is 5.32 Å². The van der Waals surface area contributed by atoms with Crippen molar-refractivity contribution in [3.8, 4) is 0 Å². The van der Waals surface area contributed by atoms with Crippen molar-refractivity contribution in [1.29, 1.82) is 0 Å². The minimum absolute atomic E-state index is 0.373. The molecule has 0 spiro atoms. The van der Waals surface area contributed by atoms with Crippen molar-refractivity contribution in [2.45, 2.75) is 63.7 Å². The second-order valence-electron chi connectivity index (χ2n) is 7.56. The molecule has 2 nitrogen and oxygen atoms in total. The van der Waals surface area contributed by atoms with Crippen molar-refractivity contribution in [2.75, 3.05) is 32.4 Å². The highest BCUT2D eigenvalue weighted by Crippen LogP contribution is 2.39. The first-order valence-corrected chi connectivity index (χ1v) is 9.19. The van der Waals surface area contributed by atoms with E-state index in [1.54, 1.807) is 0 Å². The van der Waals surface area contributed by atoms with Crippen LogP contribution in [0.2, 0.25) is 0 Å². The molecule has 1 N–H and O–H groups in total. The predicted octanol–water partition coefficient (Wildman–Crippen LogP) is 3.37. The fraction of sp³-hybridized carbons (Fsp3) is 1.00. The Morgan fingerprint density at radius 2 is 1.89 bits per heavy atom. The first kappa shape index (κ1) is 15.7. The van der Waals surface area contributed by atoms with E-state index in [4.69, 9.17) is 0 Å². The van der Waals surface area contributed by atoms with E-state index in [2.05, 4.69) is 49.0 Å². The molecule has 1 atom stereocenters. The molecule has 0 aromatic carbocycles. The lowest BCUT2D eigenvalue weighted by Gasteiger charge is -2.45. The van der Waals surface area contributed by atoms with Crippen molar-refractivity contribution in [1.82, 2.24) is 10.2 Å². The highest BCUT2D eigenvalue weighted by atomic mass is 32.2. The fourth-order valence-corrected chi connectivity index (χ4v) is 4.57. The molecule has 0 amide bonds. The lowest BCUT2D eigenvalue weighted by atomic mass is 9.84. The van der Waals surface area contributed by atoms with Gasteiger partial charge >= 0.3 is 0 Å². The van der Waals surface area contributed by atoms with Crippen molar-refractivity contribution in [3.63, 3.8) is 0 Å². The Balaban J connectivity index is 1.94. The summed E-state index contributed by atoms with van der Waals surface area (Å²) < 4.78 is 0.554. The van der Waals surface area contributed by atoms with Gasteiger partial charge in [0.25, 0.3) is 0 Å². The number of thioether (sulfide) groups is 1. The van der Waals surface area contributed by atoms with Crippen molar-refractivity contribution < 1.29 is 0 Å². The molecule has 112 valence electrons. The zero-order valence-electron chi connectivity index (χ0n) is 13.3. The minimum Gasteiger partial charge on any atom is -0.311 e. The van der Waals surface area contributed by atoms with Gasteiger partial charge in [0.2, 0.25) is 0 Å². The summed E-state index contributed by atoms with van der Waals surface area (Å²) in [4.78, 5) is 2.73. The SMILES string of the molecule is CSC1(CN2CCNC(C(C)(C)C)C2)CCCCC1. The lowest BCUT2D eigenvalue weighted by molar-refractivity contribution is 0.119. The summed E-state index contributed by atoms with van der Waals surface area (Å²) in [5.41, 5.74) is 0.373. The van der Waals surface area contributed by atoms with Crippen LogP contribution in [0.25, 0.3) is 0 Å². The molecule has 1 heterocycles. The van der Waals surface area contributed by atoms with Crippen LogP contribution in [0.5, 0.6) is 0 Å². The predicted molar refractivity (Wildman–Crippen MR) is 87.0 cm³/mol. The maximum atomic E-state index is 3.71. The summed E-state index contributed by atoms with van der Waals surface area (Å²) in [6, 6.07) is 0.642. The molecule has 1 aliphatic heterocycles. The maximum absolute atomic E-state index is 3.71. The van der Waals surface area contributed by atoms with Gasteiger partial charge in [0.1, 0.15) is 0 Å². The molecule has 1 unspecified atom stereocenters. The monoisotopic (exact) mass is 284 g/mol. The highest BCUT2D eigenvalue weighted by molar-refractivity contribution is 8.00. The summed E-state index contributed by atoms with van der Waals surface area (Å²) >= 11 is 2.13. The van der Waals surface area contributed by atoms with Crippen molar-refractivity contribution in [2.24, 2.45) is 5.41 Å². The number of nitrogens with one attached hydrogen (secondary N) is 1. The number of piperazine rings is 1. The molecule has 0 radical (unpaired) electrons. The second kappa shape index (κ2) is 6.36.